The van der Waals surface area contributed by atoms with E-state index in [2.05, 4.69) is 29.5 Å². The molecule has 1 saturated heterocycles. The van der Waals surface area contributed by atoms with Crippen LogP contribution in [0.2, 0.25) is 0 Å². The first-order valence-electron chi connectivity index (χ1n) is 9.17. The molecule has 0 spiro atoms. The number of aliphatic imine (C=N–C) groups is 1. The minimum atomic E-state index is -3.12. The monoisotopic (exact) mass is 358 g/mol. The summed E-state index contributed by atoms with van der Waals surface area (Å²) in [5, 5.41) is 6.79. The average molecular weight is 359 g/mol. The molecular formula is C17H34N4O2S. The molecule has 0 amide bonds. The van der Waals surface area contributed by atoms with Gasteiger partial charge in [0.05, 0.1) is 6.26 Å². The second-order valence-electron chi connectivity index (χ2n) is 7.93. The predicted octanol–water partition coefficient (Wildman–Crippen LogP) is 1.79. The van der Waals surface area contributed by atoms with E-state index in [4.69, 9.17) is 0 Å². The zero-order valence-corrected chi connectivity index (χ0v) is 16.5. The number of sulfonamides is 1. The number of nitrogens with one attached hydrogen (secondary N) is 2. The molecule has 2 aliphatic rings. The first-order valence-corrected chi connectivity index (χ1v) is 11.0. The number of guanidine groups is 1. The van der Waals surface area contributed by atoms with Crippen molar-refractivity contribution >= 4 is 16.0 Å². The standard InChI is InChI=1S/C17H34N4O2S/c1-14(2)11-17(8-6-9-17)13-20-16(18-3)19-12-15-7-5-10-21(15)24(4,22)23/h14-15H,5-13H2,1-4H3,(H2,18,19,20)/t15-/m1/s1. The van der Waals surface area contributed by atoms with Crippen LogP contribution in [-0.2, 0) is 10.0 Å². The summed E-state index contributed by atoms with van der Waals surface area (Å²) in [5.74, 6) is 1.49. The zero-order valence-electron chi connectivity index (χ0n) is 15.6. The first kappa shape index (κ1) is 19.5. The summed E-state index contributed by atoms with van der Waals surface area (Å²) < 4.78 is 25.2. The maximum Gasteiger partial charge on any atom is 0.211 e. The van der Waals surface area contributed by atoms with Crippen LogP contribution in [0, 0.1) is 11.3 Å². The van der Waals surface area contributed by atoms with Crippen molar-refractivity contribution in [2.75, 3.05) is 32.9 Å². The van der Waals surface area contributed by atoms with Crippen LogP contribution in [-0.4, -0.2) is 57.7 Å². The minimum Gasteiger partial charge on any atom is -0.356 e. The summed E-state index contributed by atoms with van der Waals surface area (Å²) in [6, 6.07) is 0.0341. The Bertz CT molecular complexity index is 541. The second kappa shape index (κ2) is 8.04. The lowest BCUT2D eigenvalue weighted by molar-refractivity contribution is 0.104. The van der Waals surface area contributed by atoms with Gasteiger partial charge in [0.25, 0.3) is 0 Å². The highest BCUT2D eigenvalue weighted by molar-refractivity contribution is 7.88. The van der Waals surface area contributed by atoms with Crippen LogP contribution in [0.5, 0.6) is 0 Å². The van der Waals surface area contributed by atoms with Crippen LogP contribution < -0.4 is 10.6 Å². The number of nitrogens with zero attached hydrogens (tertiary/aromatic N) is 2. The van der Waals surface area contributed by atoms with Gasteiger partial charge in [-0.2, -0.15) is 4.31 Å². The van der Waals surface area contributed by atoms with Crippen LogP contribution in [0.3, 0.4) is 0 Å². The van der Waals surface area contributed by atoms with Gasteiger partial charge >= 0.3 is 0 Å². The van der Waals surface area contributed by atoms with Crippen molar-refractivity contribution in [1.29, 1.82) is 0 Å². The van der Waals surface area contributed by atoms with E-state index >= 15 is 0 Å². The van der Waals surface area contributed by atoms with E-state index in [1.54, 1.807) is 11.4 Å². The summed E-state index contributed by atoms with van der Waals surface area (Å²) in [6.45, 7) is 6.77. The molecule has 0 bridgehead atoms. The van der Waals surface area contributed by atoms with Crippen LogP contribution in [0.4, 0.5) is 0 Å². The molecule has 0 aromatic rings. The number of rotatable bonds is 7. The molecule has 2 rings (SSSR count). The van der Waals surface area contributed by atoms with Gasteiger partial charge in [-0.25, -0.2) is 8.42 Å². The highest BCUT2D eigenvalue weighted by Gasteiger charge is 2.37. The summed E-state index contributed by atoms with van der Waals surface area (Å²) in [6.07, 6.45) is 8.30. The largest absolute Gasteiger partial charge is 0.356 e. The van der Waals surface area contributed by atoms with E-state index in [-0.39, 0.29) is 6.04 Å². The summed E-state index contributed by atoms with van der Waals surface area (Å²) in [7, 11) is -1.35. The Balaban J connectivity index is 1.82. The van der Waals surface area contributed by atoms with Crippen molar-refractivity contribution in [3.63, 3.8) is 0 Å². The van der Waals surface area contributed by atoms with Gasteiger partial charge in [-0.1, -0.05) is 20.3 Å². The van der Waals surface area contributed by atoms with E-state index in [0.29, 0.717) is 24.4 Å². The van der Waals surface area contributed by atoms with Crippen LogP contribution in [0.15, 0.2) is 4.99 Å². The van der Waals surface area contributed by atoms with Crippen LogP contribution in [0.25, 0.3) is 0 Å². The summed E-state index contributed by atoms with van der Waals surface area (Å²) in [5.41, 5.74) is 0.415. The molecule has 0 aromatic carbocycles. The summed E-state index contributed by atoms with van der Waals surface area (Å²) in [4.78, 5) is 4.30. The molecule has 1 atom stereocenters. The van der Waals surface area contributed by atoms with Crippen LogP contribution >= 0.6 is 0 Å². The third-order valence-electron chi connectivity index (χ3n) is 5.36. The molecule has 1 saturated carbocycles. The lowest BCUT2D eigenvalue weighted by Crippen LogP contribution is -2.50. The number of hydrogen-bond acceptors (Lipinski definition) is 3. The Kier molecular flexibility index (Phi) is 6.53. The molecule has 1 aliphatic carbocycles. The molecule has 1 aliphatic heterocycles. The lowest BCUT2D eigenvalue weighted by atomic mass is 9.64. The smallest absolute Gasteiger partial charge is 0.211 e. The maximum atomic E-state index is 11.8. The Labute approximate surface area is 147 Å². The Hall–Kier alpha value is -0.820. The highest BCUT2D eigenvalue weighted by atomic mass is 32.2. The SMILES string of the molecule is CN=C(NC[C@H]1CCCN1S(C)(=O)=O)NCC1(CC(C)C)CCC1. The molecule has 24 heavy (non-hydrogen) atoms. The normalized spacial score (nSPS) is 24.9. The minimum absolute atomic E-state index is 0.0341. The van der Waals surface area contributed by atoms with Gasteiger partial charge in [0.2, 0.25) is 10.0 Å². The van der Waals surface area contributed by atoms with Gasteiger partial charge in [-0.3, -0.25) is 4.99 Å². The fourth-order valence-corrected chi connectivity index (χ4v) is 5.33. The molecule has 0 aromatic heterocycles. The van der Waals surface area contributed by atoms with E-state index in [1.807, 2.05) is 0 Å². The van der Waals surface area contributed by atoms with Gasteiger partial charge in [0.15, 0.2) is 5.96 Å². The predicted molar refractivity (Wildman–Crippen MR) is 99.7 cm³/mol. The third-order valence-corrected chi connectivity index (χ3v) is 6.70. The Morgan fingerprint density at radius 2 is 2.00 bits per heavy atom. The fourth-order valence-electron chi connectivity index (χ4n) is 4.15. The molecule has 7 heteroatoms. The fraction of sp³-hybridized carbons (Fsp3) is 0.941. The third kappa shape index (κ3) is 5.09. The van der Waals surface area contributed by atoms with Crippen molar-refractivity contribution in [1.82, 2.24) is 14.9 Å². The highest BCUT2D eigenvalue weighted by Crippen LogP contribution is 2.45. The van der Waals surface area contributed by atoms with Crippen molar-refractivity contribution < 1.29 is 8.42 Å². The van der Waals surface area contributed by atoms with Gasteiger partial charge in [-0.05, 0) is 43.4 Å². The molecule has 6 nitrogen and oxygen atoms in total. The average Bonchev–Trinajstić information content (AvgIpc) is 2.92. The second-order valence-corrected chi connectivity index (χ2v) is 9.86. The van der Waals surface area contributed by atoms with Gasteiger partial charge in [-0.15, -0.1) is 0 Å². The molecule has 1 heterocycles. The van der Waals surface area contributed by atoms with Crippen molar-refractivity contribution in [3.8, 4) is 0 Å². The van der Waals surface area contributed by atoms with Gasteiger partial charge in [0, 0.05) is 32.7 Å². The molecule has 140 valence electrons. The lowest BCUT2D eigenvalue weighted by Gasteiger charge is -2.43. The van der Waals surface area contributed by atoms with Crippen molar-refractivity contribution in [3.05, 3.63) is 0 Å². The maximum absolute atomic E-state index is 11.8. The Morgan fingerprint density at radius 3 is 2.50 bits per heavy atom. The van der Waals surface area contributed by atoms with Gasteiger partial charge < -0.3 is 10.6 Å². The molecule has 0 unspecified atom stereocenters. The zero-order chi connectivity index (χ0) is 17.8. The Morgan fingerprint density at radius 1 is 1.29 bits per heavy atom. The summed E-state index contributed by atoms with van der Waals surface area (Å²) >= 11 is 0. The molecule has 2 fully saturated rings. The van der Waals surface area contributed by atoms with E-state index in [1.165, 1.54) is 31.9 Å². The van der Waals surface area contributed by atoms with E-state index in [9.17, 15) is 8.42 Å². The quantitative estimate of drug-likeness (QED) is 0.537. The topological polar surface area (TPSA) is 73.8 Å². The first-order chi connectivity index (χ1) is 11.3. The molecular weight excluding hydrogens is 324 g/mol. The van der Waals surface area contributed by atoms with Crippen LogP contribution in [0.1, 0.15) is 52.4 Å². The molecule has 2 N–H and O–H groups in total. The number of hydrogen-bond donors (Lipinski definition) is 2. The van der Waals surface area contributed by atoms with E-state index < -0.39 is 10.0 Å². The van der Waals surface area contributed by atoms with Crippen molar-refractivity contribution in [2.45, 2.75) is 58.4 Å². The van der Waals surface area contributed by atoms with E-state index in [0.717, 1.165) is 25.3 Å². The van der Waals surface area contributed by atoms with Gasteiger partial charge in [0.1, 0.15) is 0 Å². The van der Waals surface area contributed by atoms with Crippen molar-refractivity contribution in [2.24, 2.45) is 16.3 Å². The molecule has 0 radical (unpaired) electrons.